The number of halogens is 1. The molecule has 2 saturated heterocycles. The van der Waals surface area contributed by atoms with Gasteiger partial charge < -0.3 is 10.2 Å². The van der Waals surface area contributed by atoms with Crippen molar-refractivity contribution in [1.29, 1.82) is 0 Å². The number of benzene rings is 1. The van der Waals surface area contributed by atoms with Crippen LogP contribution in [0.15, 0.2) is 16.6 Å². The van der Waals surface area contributed by atoms with Crippen molar-refractivity contribution in [3.05, 3.63) is 27.7 Å². The molecule has 2 bridgehead atoms. The Morgan fingerprint density at radius 3 is 2.24 bits per heavy atom. The van der Waals surface area contributed by atoms with Crippen molar-refractivity contribution in [2.75, 3.05) is 11.4 Å². The number of aryl methyl sites for hydroxylation is 2. The molecule has 3 rings (SSSR count). The van der Waals surface area contributed by atoms with E-state index in [0.717, 1.165) is 24.7 Å². The van der Waals surface area contributed by atoms with Crippen molar-refractivity contribution in [1.82, 2.24) is 5.32 Å². The van der Waals surface area contributed by atoms with E-state index in [0.29, 0.717) is 0 Å². The van der Waals surface area contributed by atoms with Crippen LogP contribution in [0.4, 0.5) is 5.69 Å². The van der Waals surface area contributed by atoms with Gasteiger partial charge in [-0.1, -0.05) is 22.9 Å². The topological polar surface area (TPSA) is 15.3 Å². The molecule has 2 atom stereocenters. The molecule has 21 heavy (non-hydrogen) atoms. The second kappa shape index (κ2) is 6.29. The van der Waals surface area contributed by atoms with Crippen LogP contribution in [0.1, 0.15) is 50.2 Å². The Bertz CT molecular complexity index is 477. The number of piperidine rings is 2. The average molecular weight is 351 g/mol. The van der Waals surface area contributed by atoms with Crippen LogP contribution in [-0.4, -0.2) is 24.7 Å². The molecule has 2 aliphatic rings. The molecule has 3 heteroatoms. The van der Waals surface area contributed by atoms with E-state index in [9.17, 15) is 0 Å². The van der Waals surface area contributed by atoms with Gasteiger partial charge in [0.1, 0.15) is 0 Å². The Kier molecular flexibility index (Phi) is 4.60. The number of fused-ring (bicyclic) bond motifs is 2. The van der Waals surface area contributed by atoms with Crippen molar-refractivity contribution in [2.24, 2.45) is 0 Å². The number of rotatable bonds is 3. The molecule has 0 spiro atoms. The van der Waals surface area contributed by atoms with Gasteiger partial charge in [0.25, 0.3) is 0 Å². The highest BCUT2D eigenvalue weighted by atomic mass is 79.9. The highest BCUT2D eigenvalue weighted by Gasteiger charge is 2.39. The number of nitrogens with zero attached hydrogens (tertiary/aromatic N) is 1. The van der Waals surface area contributed by atoms with Crippen LogP contribution in [0.25, 0.3) is 0 Å². The summed E-state index contributed by atoms with van der Waals surface area (Å²) < 4.78 is 1.20. The van der Waals surface area contributed by atoms with Crippen molar-refractivity contribution in [2.45, 2.75) is 71.0 Å². The first-order chi connectivity index (χ1) is 10.1. The lowest BCUT2D eigenvalue weighted by Crippen LogP contribution is -2.56. The fourth-order valence-electron chi connectivity index (χ4n) is 4.51. The van der Waals surface area contributed by atoms with Gasteiger partial charge in [-0.3, -0.25) is 0 Å². The standard InChI is InChI=1S/C18H27BrN2/c1-4-20-15-10-16-6-5-7-17(11-15)21(16)18-12(2)8-14(19)9-13(18)3/h8-9,15-17,20H,4-7,10-11H2,1-3H3. The largest absolute Gasteiger partial charge is 0.365 e. The molecule has 0 radical (unpaired) electrons. The van der Waals surface area contributed by atoms with Crippen LogP contribution < -0.4 is 10.2 Å². The van der Waals surface area contributed by atoms with Gasteiger partial charge in [0.15, 0.2) is 0 Å². The van der Waals surface area contributed by atoms with E-state index in [4.69, 9.17) is 0 Å². The molecule has 2 heterocycles. The number of hydrogen-bond acceptors (Lipinski definition) is 2. The Labute approximate surface area is 137 Å². The third kappa shape index (κ3) is 3.00. The zero-order valence-corrected chi connectivity index (χ0v) is 15.0. The molecule has 2 aliphatic heterocycles. The molecule has 0 saturated carbocycles. The van der Waals surface area contributed by atoms with Gasteiger partial charge in [0.2, 0.25) is 0 Å². The lowest BCUT2D eigenvalue weighted by molar-refractivity contribution is 0.247. The molecule has 116 valence electrons. The summed E-state index contributed by atoms with van der Waals surface area (Å²) in [5.74, 6) is 0. The van der Waals surface area contributed by atoms with Gasteiger partial charge in [-0.15, -0.1) is 0 Å². The van der Waals surface area contributed by atoms with Gasteiger partial charge in [0, 0.05) is 28.3 Å². The summed E-state index contributed by atoms with van der Waals surface area (Å²) in [4.78, 5) is 2.77. The summed E-state index contributed by atoms with van der Waals surface area (Å²) in [7, 11) is 0. The summed E-state index contributed by atoms with van der Waals surface area (Å²) in [6.45, 7) is 7.85. The van der Waals surface area contributed by atoms with E-state index in [1.807, 2.05) is 0 Å². The molecule has 0 aliphatic carbocycles. The summed E-state index contributed by atoms with van der Waals surface area (Å²) >= 11 is 3.63. The van der Waals surface area contributed by atoms with Gasteiger partial charge in [0.05, 0.1) is 0 Å². The summed E-state index contributed by atoms with van der Waals surface area (Å²) in [6.07, 6.45) is 6.72. The fraction of sp³-hybridized carbons (Fsp3) is 0.667. The average Bonchev–Trinajstić information content (AvgIpc) is 2.38. The normalized spacial score (nSPS) is 28.8. The summed E-state index contributed by atoms with van der Waals surface area (Å²) in [6, 6.07) is 6.71. The van der Waals surface area contributed by atoms with Crippen molar-refractivity contribution in [3.63, 3.8) is 0 Å². The van der Waals surface area contributed by atoms with E-state index in [-0.39, 0.29) is 0 Å². The zero-order chi connectivity index (χ0) is 15.0. The van der Waals surface area contributed by atoms with Crippen LogP contribution in [-0.2, 0) is 0 Å². The minimum atomic E-state index is 0.720. The maximum absolute atomic E-state index is 3.69. The van der Waals surface area contributed by atoms with Gasteiger partial charge in [-0.2, -0.15) is 0 Å². The second-order valence-electron chi connectivity index (χ2n) is 6.76. The Hall–Kier alpha value is -0.540. The number of nitrogens with one attached hydrogen (secondary N) is 1. The fourth-order valence-corrected chi connectivity index (χ4v) is 5.20. The van der Waals surface area contributed by atoms with E-state index >= 15 is 0 Å². The van der Waals surface area contributed by atoms with Crippen molar-refractivity contribution >= 4 is 21.6 Å². The highest BCUT2D eigenvalue weighted by Crippen LogP contribution is 2.41. The first kappa shape index (κ1) is 15.4. The summed E-state index contributed by atoms with van der Waals surface area (Å²) in [5, 5.41) is 3.69. The quantitative estimate of drug-likeness (QED) is 0.858. The molecule has 1 aromatic carbocycles. The van der Waals surface area contributed by atoms with Crippen LogP contribution >= 0.6 is 15.9 Å². The van der Waals surface area contributed by atoms with Crippen LogP contribution in [0.5, 0.6) is 0 Å². The van der Waals surface area contributed by atoms with Gasteiger partial charge in [-0.25, -0.2) is 0 Å². The molecule has 2 unspecified atom stereocenters. The van der Waals surface area contributed by atoms with Crippen LogP contribution in [0.3, 0.4) is 0 Å². The second-order valence-corrected chi connectivity index (χ2v) is 7.68. The Morgan fingerprint density at radius 1 is 1.14 bits per heavy atom. The third-order valence-electron chi connectivity index (χ3n) is 5.18. The molecule has 1 N–H and O–H groups in total. The van der Waals surface area contributed by atoms with E-state index < -0.39 is 0 Å². The predicted molar refractivity (Wildman–Crippen MR) is 94.2 cm³/mol. The van der Waals surface area contributed by atoms with Crippen molar-refractivity contribution < 1.29 is 0 Å². The maximum Gasteiger partial charge on any atom is 0.0431 e. The zero-order valence-electron chi connectivity index (χ0n) is 13.5. The van der Waals surface area contributed by atoms with E-state index in [1.165, 1.54) is 53.4 Å². The lowest BCUT2D eigenvalue weighted by Gasteiger charge is -2.51. The Morgan fingerprint density at radius 2 is 1.71 bits per heavy atom. The van der Waals surface area contributed by atoms with Gasteiger partial charge in [-0.05, 0) is 75.8 Å². The van der Waals surface area contributed by atoms with Crippen LogP contribution in [0, 0.1) is 13.8 Å². The Balaban J connectivity index is 1.92. The molecular weight excluding hydrogens is 324 g/mol. The van der Waals surface area contributed by atoms with Gasteiger partial charge >= 0.3 is 0 Å². The predicted octanol–water partition coefficient (Wildman–Crippen LogP) is 4.57. The lowest BCUT2D eigenvalue weighted by atomic mass is 9.80. The monoisotopic (exact) mass is 350 g/mol. The number of hydrogen-bond donors (Lipinski definition) is 1. The van der Waals surface area contributed by atoms with E-state index in [2.05, 4.69) is 59.1 Å². The number of anilines is 1. The first-order valence-corrected chi connectivity index (χ1v) is 9.18. The molecular formula is C18H27BrN2. The van der Waals surface area contributed by atoms with Crippen LogP contribution in [0.2, 0.25) is 0 Å². The maximum atomic E-state index is 3.69. The van der Waals surface area contributed by atoms with Crippen molar-refractivity contribution in [3.8, 4) is 0 Å². The minimum absolute atomic E-state index is 0.720. The molecule has 0 aromatic heterocycles. The smallest absolute Gasteiger partial charge is 0.0431 e. The minimum Gasteiger partial charge on any atom is -0.365 e. The molecule has 1 aromatic rings. The molecule has 0 amide bonds. The molecule has 2 fully saturated rings. The third-order valence-corrected chi connectivity index (χ3v) is 5.64. The van der Waals surface area contributed by atoms with E-state index in [1.54, 1.807) is 0 Å². The summed E-state index contributed by atoms with van der Waals surface area (Å²) in [5.41, 5.74) is 4.34. The molecule has 2 nitrogen and oxygen atoms in total. The highest BCUT2D eigenvalue weighted by molar-refractivity contribution is 9.10. The SMILES string of the molecule is CCNC1CC2CCCC(C1)N2c1c(C)cc(Br)cc1C. The first-order valence-electron chi connectivity index (χ1n) is 8.38.